The number of aromatic amines is 1. The zero-order valence-electron chi connectivity index (χ0n) is 16.0. The standard InChI is InChI=1S/C19H30N4O4/c1-21-18(25)13(10-20-19(21)26)2-3-22-11-14-8-16(17(24)9-15(14)12-22)23-4-6-27-7-5-23/h10,14-17,24H,2-9,11-12H2,1H3,(H,20,26)/t14-,15+,16-,17-/m1/s1. The van der Waals surface area contributed by atoms with Crippen LogP contribution in [0.25, 0.3) is 0 Å². The lowest BCUT2D eigenvalue weighted by molar-refractivity contribution is -0.0520. The Balaban J connectivity index is 1.35. The van der Waals surface area contributed by atoms with Gasteiger partial charge in [-0.3, -0.25) is 14.3 Å². The fourth-order valence-electron chi connectivity index (χ4n) is 5.06. The first kappa shape index (κ1) is 18.9. The Labute approximate surface area is 158 Å². The number of hydrogen-bond donors (Lipinski definition) is 2. The molecule has 2 aliphatic heterocycles. The Hall–Kier alpha value is -1.48. The summed E-state index contributed by atoms with van der Waals surface area (Å²) < 4.78 is 6.58. The van der Waals surface area contributed by atoms with E-state index >= 15 is 0 Å². The second-order valence-corrected chi connectivity index (χ2v) is 8.27. The first-order valence-electron chi connectivity index (χ1n) is 10.0. The normalized spacial score (nSPS) is 32.5. The molecule has 0 spiro atoms. The summed E-state index contributed by atoms with van der Waals surface area (Å²) in [5, 5.41) is 10.7. The van der Waals surface area contributed by atoms with Crippen molar-refractivity contribution >= 4 is 0 Å². The molecule has 8 heteroatoms. The van der Waals surface area contributed by atoms with E-state index < -0.39 is 0 Å². The number of aromatic nitrogens is 2. The van der Waals surface area contributed by atoms with Crippen LogP contribution in [0.15, 0.2) is 15.8 Å². The van der Waals surface area contributed by atoms with Crippen molar-refractivity contribution in [3.63, 3.8) is 0 Å². The van der Waals surface area contributed by atoms with Gasteiger partial charge in [0.1, 0.15) is 0 Å². The van der Waals surface area contributed by atoms with Gasteiger partial charge in [0.15, 0.2) is 0 Å². The van der Waals surface area contributed by atoms with Crippen LogP contribution >= 0.6 is 0 Å². The second kappa shape index (κ2) is 7.87. The number of hydrogen-bond acceptors (Lipinski definition) is 6. The monoisotopic (exact) mass is 378 g/mol. The molecule has 0 amide bonds. The maximum Gasteiger partial charge on any atom is 0.328 e. The molecule has 4 atom stereocenters. The lowest BCUT2D eigenvalue weighted by Crippen LogP contribution is -2.53. The predicted octanol–water partition coefficient (Wildman–Crippen LogP) is -0.980. The number of rotatable bonds is 4. The van der Waals surface area contributed by atoms with E-state index in [0.29, 0.717) is 23.8 Å². The topological polar surface area (TPSA) is 90.8 Å². The molecule has 3 heterocycles. The van der Waals surface area contributed by atoms with Crippen LogP contribution in [-0.2, 0) is 18.2 Å². The van der Waals surface area contributed by atoms with Crippen LogP contribution in [0.4, 0.5) is 0 Å². The number of H-pyrrole nitrogens is 1. The highest BCUT2D eigenvalue weighted by Crippen LogP contribution is 2.38. The molecule has 3 fully saturated rings. The SMILES string of the molecule is Cn1c(=O)[nH]cc(CCN2C[C@H]3C[C@@H](N4CCOCC4)[C@H](O)C[C@H]3C2)c1=O. The molecule has 27 heavy (non-hydrogen) atoms. The van der Waals surface area contributed by atoms with Gasteiger partial charge in [-0.15, -0.1) is 0 Å². The third-order valence-corrected chi connectivity index (χ3v) is 6.65. The number of aliphatic hydroxyl groups excluding tert-OH is 1. The van der Waals surface area contributed by atoms with Gasteiger partial charge >= 0.3 is 5.69 Å². The molecule has 8 nitrogen and oxygen atoms in total. The molecule has 4 rings (SSSR count). The van der Waals surface area contributed by atoms with Crippen molar-refractivity contribution < 1.29 is 9.84 Å². The first-order chi connectivity index (χ1) is 13.0. The maximum atomic E-state index is 12.2. The molecule has 2 saturated heterocycles. The number of aliphatic hydroxyl groups is 1. The average Bonchev–Trinajstić information content (AvgIpc) is 3.07. The summed E-state index contributed by atoms with van der Waals surface area (Å²) in [6, 6.07) is 0.251. The maximum absolute atomic E-state index is 12.2. The first-order valence-corrected chi connectivity index (χ1v) is 10.0. The van der Waals surface area contributed by atoms with E-state index in [4.69, 9.17) is 4.74 Å². The molecule has 1 aromatic rings. The molecule has 1 aromatic heterocycles. The van der Waals surface area contributed by atoms with Gasteiger partial charge in [0.2, 0.25) is 0 Å². The van der Waals surface area contributed by atoms with Gasteiger partial charge in [-0.1, -0.05) is 0 Å². The minimum absolute atomic E-state index is 0.210. The molecule has 2 N–H and O–H groups in total. The molecular weight excluding hydrogens is 348 g/mol. The molecule has 0 bridgehead atoms. The van der Waals surface area contributed by atoms with Gasteiger partial charge in [0.25, 0.3) is 5.56 Å². The quantitative estimate of drug-likeness (QED) is 0.700. The van der Waals surface area contributed by atoms with Crippen molar-refractivity contribution in [2.45, 2.75) is 31.4 Å². The van der Waals surface area contributed by atoms with Gasteiger partial charge in [-0.2, -0.15) is 0 Å². The molecule has 0 radical (unpaired) electrons. The summed E-state index contributed by atoms with van der Waals surface area (Å²) in [4.78, 5) is 31.1. The van der Waals surface area contributed by atoms with E-state index in [0.717, 1.165) is 63.3 Å². The second-order valence-electron chi connectivity index (χ2n) is 8.27. The minimum Gasteiger partial charge on any atom is -0.391 e. The van der Waals surface area contributed by atoms with Crippen LogP contribution in [0.5, 0.6) is 0 Å². The Morgan fingerprint density at radius 1 is 1.19 bits per heavy atom. The molecule has 0 unspecified atom stereocenters. The number of nitrogens with zero attached hydrogens (tertiary/aromatic N) is 3. The summed E-state index contributed by atoms with van der Waals surface area (Å²) >= 11 is 0. The Bertz CT molecular complexity index is 770. The predicted molar refractivity (Wildman–Crippen MR) is 101 cm³/mol. The number of ether oxygens (including phenoxy) is 1. The van der Waals surface area contributed by atoms with Gasteiger partial charge in [0, 0.05) is 57.6 Å². The summed E-state index contributed by atoms with van der Waals surface area (Å²) in [7, 11) is 1.50. The number of likely N-dealkylation sites (tertiary alicyclic amines) is 1. The zero-order chi connectivity index (χ0) is 19.0. The lowest BCUT2D eigenvalue weighted by Gasteiger charge is -2.43. The van der Waals surface area contributed by atoms with Gasteiger partial charge in [0.05, 0.1) is 19.3 Å². The van der Waals surface area contributed by atoms with Crippen molar-refractivity contribution in [3.05, 3.63) is 32.6 Å². The molecule has 1 aliphatic carbocycles. The van der Waals surface area contributed by atoms with Crippen molar-refractivity contribution in [1.29, 1.82) is 0 Å². The van der Waals surface area contributed by atoms with E-state index in [9.17, 15) is 14.7 Å². The molecule has 3 aliphatic rings. The van der Waals surface area contributed by atoms with Crippen LogP contribution in [0.1, 0.15) is 18.4 Å². The number of morpholine rings is 1. The van der Waals surface area contributed by atoms with Gasteiger partial charge < -0.3 is 19.7 Å². The van der Waals surface area contributed by atoms with Crippen LogP contribution in [0.3, 0.4) is 0 Å². The fraction of sp³-hybridized carbons (Fsp3) is 0.789. The van der Waals surface area contributed by atoms with E-state index in [1.165, 1.54) is 7.05 Å². The number of nitrogens with one attached hydrogen (secondary N) is 1. The summed E-state index contributed by atoms with van der Waals surface area (Å²) in [5.74, 6) is 1.15. The smallest absolute Gasteiger partial charge is 0.328 e. The van der Waals surface area contributed by atoms with Crippen LogP contribution < -0.4 is 11.2 Å². The zero-order valence-corrected chi connectivity index (χ0v) is 16.0. The molecule has 0 aromatic carbocycles. The van der Waals surface area contributed by atoms with Crippen molar-refractivity contribution in [2.24, 2.45) is 18.9 Å². The lowest BCUT2D eigenvalue weighted by atomic mass is 9.77. The van der Waals surface area contributed by atoms with Crippen molar-refractivity contribution in [2.75, 3.05) is 45.9 Å². The summed E-state index contributed by atoms with van der Waals surface area (Å²) in [6.07, 6.45) is 3.84. The Kier molecular flexibility index (Phi) is 5.50. The largest absolute Gasteiger partial charge is 0.391 e. The minimum atomic E-state index is -0.376. The van der Waals surface area contributed by atoms with Gasteiger partial charge in [-0.25, -0.2) is 4.79 Å². The third kappa shape index (κ3) is 3.89. The van der Waals surface area contributed by atoms with Crippen LogP contribution in [0.2, 0.25) is 0 Å². The van der Waals surface area contributed by atoms with E-state index in [1.807, 2.05) is 0 Å². The van der Waals surface area contributed by atoms with Crippen molar-refractivity contribution in [1.82, 2.24) is 19.4 Å². The van der Waals surface area contributed by atoms with Crippen LogP contribution in [-0.4, -0.2) is 82.5 Å². The molecule has 1 saturated carbocycles. The highest BCUT2D eigenvalue weighted by atomic mass is 16.5. The molecule has 150 valence electrons. The Morgan fingerprint density at radius 3 is 2.63 bits per heavy atom. The fourth-order valence-corrected chi connectivity index (χ4v) is 5.06. The highest BCUT2D eigenvalue weighted by molar-refractivity contribution is 5.05. The average molecular weight is 378 g/mol. The van der Waals surface area contributed by atoms with Gasteiger partial charge in [-0.05, 0) is 31.1 Å². The van der Waals surface area contributed by atoms with E-state index in [-0.39, 0.29) is 23.4 Å². The highest BCUT2D eigenvalue weighted by Gasteiger charge is 2.43. The summed E-state index contributed by atoms with van der Waals surface area (Å²) in [5.41, 5.74) is 0.0652. The Morgan fingerprint density at radius 2 is 1.89 bits per heavy atom. The molecular formula is C19H30N4O4. The van der Waals surface area contributed by atoms with E-state index in [2.05, 4.69) is 14.8 Å². The third-order valence-electron chi connectivity index (χ3n) is 6.65. The summed E-state index contributed by atoms with van der Waals surface area (Å²) in [6.45, 7) is 6.18. The number of fused-ring (bicyclic) bond motifs is 1. The van der Waals surface area contributed by atoms with Crippen molar-refractivity contribution in [3.8, 4) is 0 Å². The van der Waals surface area contributed by atoms with E-state index in [1.54, 1.807) is 6.20 Å². The van der Waals surface area contributed by atoms with Crippen LogP contribution in [0, 0.1) is 11.8 Å².